The quantitative estimate of drug-likeness (QED) is 0.885. The Bertz CT molecular complexity index is 582. The fourth-order valence-corrected chi connectivity index (χ4v) is 3.07. The molecule has 1 aliphatic rings. The average Bonchev–Trinajstić information content (AvgIpc) is 3.19. The van der Waals surface area contributed by atoms with Crippen LogP contribution < -0.4 is 10.1 Å². The molecule has 3 rings (SSSR count). The van der Waals surface area contributed by atoms with E-state index in [9.17, 15) is 0 Å². The standard InChI is InChI=1S/C14H18N4OS/c1-3-19-12-6-11(15-8-16-12)18-13(10-4-5-10)14-17-9(2)7-20-14/h6-8,10,13H,3-5H2,1-2H3,(H,15,16,18). The Morgan fingerprint density at radius 1 is 1.45 bits per heavy atom. The zero-order valence-corrected chi connectivity index (χ0v) is 12.5. The van der Waals surface area contributed by atoms with Crippen LogP contribution in [0.15, 0.2) is 17.8 Å². The van der Waals surface area contributed by atoms with Crippen molar-refractivity contribution in [1.82, 2.24) is 15.0 Å². The fourth-order valence-electron chi connectivity index (χ4n) is 2.13. The predicted octanol–water partition coefficient (Wildman–Crippen LogP) is 3.20. The lowest BCUT2D eigenvalue weighted by molar-refractivity contribution is 0.326. The van der Waals surface area contributed by atoms with Crippen molar-refractivity contribution < 1.29 is 4.74 Å². The first-order valence-corrected chi connectivity index (χ1v) is 7.77. The Labute approximate surface area is 122 Å². The third-order valence-corrected chi connectivity index (χ3v) is 4.28. The van der Waals surface area contributed by atoms with E-state index in [2.05, 4.69) is 25.6 Å². The van der Waals surface area contributed by atoms with Crippen LogP contribution in [0.25, 0.3) is 0 Å². The third-order valence-electron chi connectivity index (χ3n) is 3.23. The summed E-state index contributed by atoms with van der Waals surface area (Å²) in [5, 5.41) is 6.72. The topological polar surface area (TPSA) is 59.9 Å². The highest BCUT2D eigenvalue weighted by molar-refractivity contribution is 7.09. The van der Waals surface area contributed by atoms with Crippen molar-refractivity contribution in [1.29, 1.82) is 0 Å². The third kappa shape index (κ3) is 3.07. The summed E-state index contributed by atoms with van der Waals surface area (Å²) in [4.78, 5) is 13.0. The SMILES string of the molecule is CCOc1cc(NC(c2nc(C)cs2)C2CC2)ncn1. The van der Waals surface area contributed by atoms with Crippen molar-refractivity contribution in [3.05, 3.63) is 28.5 Å². The molecule has 0 amide bonds. The molecule has 1 atom stereocenters. The number of nitrogens with one attached hydrogen (secondary N) is 1. The van der Waals surface area contributed by atoms with E-state index >= 15 is 0 Å². The molecule has 0 aliphatic heterocycles. The number of nitrogens with zero attached hydrogens (tertiary/aromatic N) is 3. The monoisotopic (exact) mass is 290 g/mol. The van der Waals surface area contributed by atoms with Crippen molar-refractivity contribution in [3.63, 3.8) is 0 Å². The van der Waals surface area contributed by atoms with E-state index in [1.165, 1.54) is 19.2 Å². The fraction of sp³-hybridized carbons (Fsp3) is 0.500. The Balaban J connectivity index is 1.78. The largest absolute Gasteiger partial charge is 0.478 e. The van der Waals surface area contributed by atoms with Gasteiger partial charge in [-0.1, -0.05) is 0 Å². The summed E-state index contributed by atoms with van der Waals surface area (Å²) < 4.78 is 5.41. The second-order valence-electron chi connectivity index (χ2n) is 4.96. The summed E-state index contributed by atoms with van der Waals surface area (Å²) in [7, 11) is 0. The van der Waals surface area contributed by atoms with Gasteiger partial charge in [0.05, 0.1) is 12.6 Å². The van der Waals surface area contributed by atoms with Crippen molar-refractivity contribution in [2.75, 3.05) is 11.9 Å². The maximum absolute atomic E-state index is 5.41. The number of aromatic nitrogens is 3. The Morgan fingerprint density at radius 2 is 2.30 bits per heavy atom. The van der Waals surface area contributed by atoms with Gasteiger partial charge in [-0.15, -0.1) is 11.3 Å². The summed E-state index contributed by atoms with van der Waals surface area (Å²) in [6.45, 7) is 4.58. The van der Waals surface area contributed by atoms with Crippen molar-refractivity contribution in [3.8, 4) is 5.88 Å². The van der Waals surface area contributed by atoms with Crippen LogP contribution >= 0.6 is 11.3 Å². The minimum atomic E-state index is 0.248. The molecule has 0 aromatic carbocycles. The van der Waals surface area contributed by atoms with Gasteiger partial charge in [0, 0.05) is 17.1 Å². The highest BCUT2D eigenvalue weighted by Gasteiger charge is 2.34. The molecular formula is C14H18N4OS. The maximum Gasteiger partial charge on any atom is 0.218 e. The van der Waals surface area contributed by atoms with Gasteiger partial charge in [0.2, 0.25) is 5.88 Å². The molecule has 1 saturated carbocycles. The number of hydrogen-bond donors (Lipinski definition) is 1. The zero-order chi connectivity index (χ0) is 13.9. The normalized spacial score (nSPS) is 15.9. The van der Waals surface area contributed by atoms with Gasteiger partial charge in [-0.25, -0.2) is 15.0 Å². The summed E-state index contributed by atoms with van der Waals surface area (Å²) in [5.41, 5.74) is 1.08. The van der Waals surface area contributed by atoms with Gasteiger partial charge < -0.3 is 10.1 Å². The number of aryl methyl sites for hydroxylation is 1. The number of hydrogen-bond acceptors (Lipinski definition) is 6. The van der Waals surface area contributed by atoms with Crippen LogP contribution in [0.1, 0.15) is 36.5 Å². The highest BCUT2D eigenvalue weighted by Crippen LogP contribution is 2.43. The molecule has 1 aliphatic carbocycles. The lowest BCUT2D eigenvalue weighted by atomic mass is 10.2. The second kappa shape index (κ2) is 5.75. The average molecular weight is 290 g/mol. The van der Waals surface area contributed by atoms with Gasteiger partial charge in [-0.3, -0.25) is 0 Å². The van der Waals surface area contributed by atoms with E-state index < -0.39 is 0 Å². The first-order valence-electron chi connectivity index (χ1n) is 6.89. The molecule has 1 N–H and O–H groups in total. The van der Waals surface area contributed by atoms with Crippen LogP contribution in [0.4, 0.5) is 5.82 Å². The molecule has 106 valence electrons. The summed E-state index contributed by atoms with van der Waals surface area (Å²) in [5.74, 6) is 2.06. The predicted molar refractivity (Wildman–Crippen MR) is 79.1 cm³/mol. The van der Waals surface area contributed by atoms with Gasteiger partial charge in [-0.05, 0) is 32.6 Å². The number of thiazole rings is 1. The lowest BCUT2D eigenvalue weighted by Crippen LogP contribution is -2.14. The lowest BCUT2D eigenvalue weighted by Gasteiger charge is -2.16. The van der Waals surface area contributed by atoms with Crippen molar-refractivity contribution in [2.24, 2.45) is 5.92 Å². The molecule has 0 saturated heterocycles. The molecule has 2 aromatic rings. The van der Waals surface area contributed by atoms with Crippen LogP contribution in [0.2, 0.25) is 0 Å². The van der Waals surface area contributed by atoms with Crippen molar-refractivity contribution >= 4 is 17.2 Å². The first-order chi connectivity index (χ1) is 9.76. The van der Waals surface area contributed by atoms with E-state index in [1.54, 1.807) is 11.3 Å². The van der Waals surface area contributed by atoms with E-state index in [4.69, 9.17) is 4.74 Å². The van der Waals surface area contributed by atoms with Crippen molar-refractivity contribution in [2.45, 2.75) is 32.7 Å². The Hall–Kier alpha value is -1.69. The highest BCUT2D eigenvalue weighted by atomic mass is 32.1. The zero-order valence-electron chi connectivity index (χ0n) is 11.7. The molecule has 20 heavy (non-hydrogen) atoms. The molecule has 2 heterocycles. The van der Waals surface area contributed by atoms with E-state index in [-0.39, 0.29) is 6.04 Å². The summed E-state index contributed by atoms with van der Waals surface area (Å²) >= 11 is 1.71. The van der Waals surface area contributed by atoms with Gasteiger partial charge in [-0.2, -0.15) is 0 Å². The molecule has 5 nitrogen and oxygen atoms in total. The van der Waals surface area contributed by atoms with Crippen LogP contribution in [0, 0.1) is 12.8 Å². The van der Waals surface area contributed by atoms with E-state index in [1.807, 2.05) is 19.9 Å². The molecule has 6 heteroatoms. The smallest absolute Gasteiger partial charge is 0.218 e. The van der Waals surface area contributed by atoms with Crippen LogP contribution in [0.3, 0.4) is 0 Å². The number of rotatable bonds is 6. The molecule has 1 unspecified atom stereocenters. The number of ether oxygens (including phenoxy) is 1. The van der Waals surface area contributed by atoms with Gasteiger partial charge in [0.1, 0.15) is 17.2 Å². The Kier molecular flexibility index (Phi) is 3.82. The summed E-state index contributed by atoms with van der Waals surface area (Å²) in [6.07, 6.45) is 4.03. The first kappa shape index (κ1) is 13.3. The molecule has 0 spiro atoms. The molecule has 0 radical (unpaired) electrons. The minimum Gasteiger partial charge on any atom is -0.478 e. The minimum absolute atomic E-state index is 0.248. The van der Waals surface area contributed by atoms with Crippen LogP contribution in [-0.2, 0) is 0 Å². The summed E-state index contributed by atoms with van der Waals surface area (Å²) in [6, 6.07) is 2.09. The van der Waals surface area contributed by atoms with Gasteiger partial charge in [0.15, 0.2) is 0 Å². The Morgan fingerprint density at radius 3 is 2.95 bits per heavy atom. The molecule has 0 bridgehead atoms. The van der Waals surface area contributed by atoms with Crippen LogP contribution in [0.5, 0.6) is 5.88 Å². The van der Waals surface area contributed by atoms with E-state index in [0.29, 0.717) is 18.4 Å². The number of anilines is 1. The second-order valence-corrected chi connectivity index (χ2v) is 5.85. The molecular weight excluding hydrogens is 272 g/mol. The van der Waals surface area contributed by atoms with Crippen LogP contribution in [-0.4, -0.2) is 21.6 Å². The van der Waals surface area contributed by atoms with E-state index in [0.717, 1.165) is 16.5 Å². The van der Waals surface area contributed by atoms with Gasteiger partial charge in [0.25, 0.3) is 0 Å². The molecule has 1 fully saturated rings. The molecule has 2 aromatic heterocycles. The maximum atomic E-state index is 5.41. The van der Waals surface area contributed by atoms with Gasteiger partial charge >= 0.3 is 0 Å².